The van der Waals surface area contributed by atoms with Gasteiger partial charge in [0.05, 0.1) is 13.8 Å². The molecule has 0 atom stereocenters. The fraction of sp³-hybridized carbons (Fsp3) is 0.415. The zero-order chi connectivity index (χ0) is 33.4. The van der Waals surface area contributed by atoms with Gasteiger partial charge in [0, 0.05) is 49.9 Å². The molecule has 249 valence electrons. The average molecular weight is 813 g/mol. The predicted molar refractivity (Wildman–Crippen MR) is 197 cm³/mol. The van der Waals surface area contributed by atoms with Gasteiger partial charge in [-0.05, 0) is 47.4 Å². The van der Waals surface area contributed by atoms with Gasteiger partial charge in [-0.25, -0.2) is 0 Å². The first-order valence-electron chi connectivity index (χ1n) is 16.7. The van der Waals surface area contributed by atoms with Crippen molar-refractivity contribution in [1.29, 1.82) is 0 Å². The van der Waals surface area contributed by atoms with E-state index < -0.39 is 8.07 Å². The number of hydrogen-bond acceptors (Lipinski definition) is 3. The van der Waals surface area contributed by atoms with Crippen molar-refractivity contribution in [1.82, 2.24) is 4.98 Å². The van der Waals surface area contributed by atoms with E-state index in [0.29, 0.717) is 0 Å². The Labute approximate surface area is 293 Å². The SMILES string of the molecule is CC(C)(C)c1cc(-c2cc(-c3ccccc3)c([Si](C)(C)C)cn2)[c-]c2ccccc12.CCC(CC)C(=O)/C=C(\O)C(CC)CC.[Ir]. The monoisotopic (exact) mass is 813 g/mol. The van der Waals surface area contributed by atoms with E-state index in [0.717, 1.165) is 42.3 Å². The van der Waals surface area contributed by atoms with Gasteiger partial charge < -0.3 is 5.11 Å². The number of pyridine rings is 1. The molecule has 5 heteroatoms. The van der Waals surface area contributed by atoms with Crippen LogP contribution in [-0.2, 0) is 30.3 Å². The Morgan fingerprint density at radius 3 is 1.98 bits per heavy atom. The summed E-state index contributed by atoms with van der Waals surface area (Å²) in [6, 6.07) is 27.5. The average Bonchev–Trinajstić information content (AvgIpc) is 3.01. The largest absolute Gasteiger partial charge is 0.512 e. The van der Waals surface area contributed by atoms with Gasteiger partial charge in [-0.3, -0.25) is 9.78 Å². The number of carbonyl (C=O) groups excluding carboxylic acids is 1. The van der Waals surface area contributed by atoms with Crippen molar-refractivity contribution < 1.29 is 30.0 Å². The minimum atomic E-state index is -1.54. The van der Waals surface area contributed by atoms with Crippen molar-refractivity contribution in [3.8, 4) is 22.4 Å². The van der Waals surface area contributed by atoms with Crippen LogP contribution in [0.15, 0.2) is 84.8 Å². The number of carbonyl (C=O) groups is 1. The zero-order valence-electron chi connectivity index (χ0n) is 29.6. The van der Waals surface area contributed by atoms with Crippen LogP contribution in [0.4, 0.5) is 0 Å². The van der Waals surface area contributed by atoms with Crippen LogP contribution in [0.25, 0.3) is 33.2 Å². The molecule has 0 spiro atoms. The Balaban J connectivity index is 0.000000394. The minimum absolute atomic E-state index is 0. The van der Waals surface area contributed by atoms with Crippen LogP contribution in [0.1, 0.15) is 79.7 Å². The molecule has 1 aromatic heterocycles. The van der Waals surface area contributed by atoms with Crippen molar-refractivity contribution >= 4 is 29.8 Å². The quantitative estimate of drug-likeness (QED) is 0.0751. The first-order valence-corrected chi connectivity index (χ1v) is 20.2. The number of rotatable bonds is 10. The third kappa shape index (κ3) is 10.1. The Kier molecular flexibility index (Phi) is 14.8. The maximum Gasteiger partial charge on any atom is 0.162 e. The first-order chi connectivity index (χ1) is 21.2. The maximum atomic E-state index is 11.7. The fourth-order valence-corrected chi connectivity index (χ4v) is 7.30. The second-order valence-corrected chi connectivity index (χ2v) is 19.2. The smallest absolute Gasteiger partial charge is 0.162 e. The van der Waals surface area contributed by atoms with Gasteiger partial charge in [0.15, 0.2) is 5.78 Å². The van der Waals surface area contributed by atoms with Crippen LogP contribution in [0.3, 0.4) is 0 Å². The zero-order valence-corrected chi connectivity index (χ0v) is 33.0. The van der Waals surface area contributed by atoms with Gasteiger partial charge in [-0.1, -0.05) is 134 Å². The normalized spacial score (nSPS) is 12.1. The van der Waals surface area contributed by atoms with Crippen LogP contribution in [0.5, 0.6) is 0 Å². The number of hydrogen-bond donors (Lipinski definition) is 1. The van der Waals surface area contributed by atoms with Gasteiger partial charge >= 0.3 is 0 Å². The van der Waals surface area contributed by atoms with Crippen LogP contribution in [-0.4, -0.2) is 23.9 Å². The molecule has 1 radical (unpaired) electrons. The van der Waals surface area contributed by atoms with Gasteiger partial charge in [-0.2, -0.15) is 0 Å². The second kappa shape index (κ2) is 17.3. The first kappa shape index (κ1) is 39.3. The van der Waals surface area contributed by atoms with Crippen molar-refractivity contribution in [3.63, 3.8) is 0 Å². The summed E-state index contributed by atoms with van der Waals surface area (Å²) in [5.41, 5.74) is 6.01. The Morgan fingerprint density at radius 1 is 0.870 bits per heavy atom. The van der Waals surface area contributed by atoms with Crippen molar-refractivity contribution in [2.75, 3.05) is 0 Å². The van der Waals surface area contributed by atoms with Crippen LogP contribution < -0.4 is 5.19 Å². The number of aliphatic hydroxyl groups is 1. The van der Waals surface area contributed by atoms with E-state index in [-0.39, 0.29) is 48.9 Å². The molecule has 0 saturated carbocycles. The fourth-order valence-electron chi connectivity index (χ4n) is 5.83. The maximum absolute atomic E-state index is 11.7. The molecule has 0 aliphatic carbocycles. The molecule has 4 rings (SSSR count). The van der Waals surface area contributed by atoms with E-state index >= 15 is 0 Å². The van der Waals surface area contributed by atoms with E-state index in [1.165, 1.54) is 33.3 Å². The van der Waals surface area contributed by atoms with E-state index in [2.05, 4.69) is 119 Å². The summed E-state index contributed by atoms with van der Waals surface area (Å²) in [7, 11) is -1.54. The topological polar surface area (TPSA) is 50.2 Å². The molecule has 3 nitrogen and oxygen atoms in total. The molecule has 46 heavy (non-hydrogen) atoms. The summed E-state index contributed by atoms with van der Waals surface area (Å²) in [6.45, 7) is 22.0. The summed E-state index contributed by atoms with van der Waals surface area (Å²) < 4.78 is 0. The number of aromatic nitrogens is 1. The van der Waals surface area contributed by atoms with E-state index in [4.69, 9.17) is 4.98 Å². The van der Waals surface area contributed by atoms with Crippen LogP contribution >= 0.6 is 0 Å². The summed E-state index contributed by atoms with van der Waals surface area (Å²) in [6.07, 6.45) is 7.02. The molecule has 0 unspecified atom stereocenters. The third-order valence-electron chi connectivity index (χ3n) is 8.74. The minimum Gasteiger partial charge on any atom is -0.512 e. The Hall–Kier alpha value is -2.85. The number of nitrogens with zero attached hydrogens (tertiary/aromatic N) is 1. The third-order valence-corrected chi connectivity index (χ3v) is 10.8. The molecule has 0 fully saturated rings. The number of ketones is 1. The van der Waals surface area contributed by atoms with Gasteiger partial charge in [-0.15, -0.1) is 29.1 Å². The van der Waals surface area contributed by atoms with E-state index in [1.807, 2.05) is 27.7 Å². The standard InChI is InChI=1S/C28H30NSi.C13H24O2.Ir/c1-28(2,3)25-17-22(16-21-14-10-11-15-23(21)25)26-18-24(20-12-8-7-9-13-20)27(19-29-26)30(4,5)6;1-5-10(6-2)12(14)9-13(15)11(7-3)8-4;/h7-15,17-19H,1-6H3;9-11,14H,5-8H2,1-4H3;/q-1;;/b;12-9-;. The second-order valence-electron chi connectivity index (χ2n) is 14.1. The number of benzene rings is 3. The molecule has 0 bridgehead atoms. The molecule has 0 amide bonds. The number of allylic oxidation sites excluding steroid dienone is 2. The van der Waals surface area contributed by atoms with E-state index in [1.54, 1.807) is 0 Å². The Bertz CT molecular complexity index is 1590. The molecule has 0 aliphatic rings. The van der Waals surface area contributed by atoms with Crippen molar-refractivity contribution in [2.24, 2.45) is 11.8 Å². The van der Waals surface area contributed by atoms with Gasteiger partial charge in [0.25, 0.3) is 0 Å². The van der Waals surface area contributed by atoms with Gasteiger partial charge in [0.1, 0.15) is 0 Å². The summed E-state index contributed by atoms with van der Waals surface area (Å²) in [4.78, 5) is 16.7. The molecule has 4 aromatic rings. The summed E-state index contributed by atoms with van der Waals surface area (Å²) >= 11 is 0. The molecule has 3 aromatic carbocycles. The summed E-state index contributed by atoms with van der Waals surface area (Å²) in [5.74, 6) is 0.547. The molecule has 1 heterocycles. The predicted octanol–water partition coefficient (Wildman–Crippen LogP) is 11.1. The van der Waals surface area contributed by atoms with E-state index in [9.17, 15) is 9.90 Å². The Morgan fingerprint density at radius 2 is 1.43 bits per heavy atom. The van der Waals surface area contributed by atoms with Crippen molar-refractivity contribution in [2.45, 2.75) is 99.2 Å². The molecular formula is C41H54IrNO2Si-. The number of aliphatic hydroxyl groups excluding tert-OH is 1. The van der Waals surface area contributed by atoms with Crippen molar-refractivity contribution in [3.05, 3.63) is 96.4 Å². The van der Waals surface area contributed by atoms with Crippen LogP contribution in [0.2, 0.25) is 19.6 Å². The summed E-state index contributed by atoms with van der Waals surface area (Å²) in [5, 5.41) is 13.6. The number of fused-ring (bicyclic) bond motifs is 1. The molecule has 0 aliphatic heterocycles. The van der Waals surface area contributed by atoms with Crippen LogP contribution in [0, 0.1) is 17.9 Å². The molecular weight excluding hydrogens is 759 g/mol. The van der Waals surface area contributed by atoms with Gasteiger partial charge in [0.2, 0.25) is 0 Å². The molecule has 1 N–H and O–H groups in total. The molecule has 0 saturated heterocycles.